The molecule has 8 nitrogen and oxygen atoms in total. The first-order valence-electron chi connectivity index (χ1n) is 7.83. The molecule has 0 saturated carbocycles. The maximum absolute atomic E-state index is 12.2. The fourth-order valence-electron chi connectivity index (χ4n) is 2.14. The van der Waals surface area contributed by atoms with Crippen molar-refractivity contribution in [1.29, 1.82) is 5.26 Å². The van der Waals surface area contributed by atoms with E-state index in [1.165, 1.54) is 24.3 Å². The van der Waals surface area contributed by atoms with E-state index in [0.717, 1.165) is 5.56 Å². The average Bonchev–Trinajstić information content (AvgIpc) is 2.64. The number of nitrogens with one attached hydrogen (secondary N) is 2. The van der Waals surface area contributed by atoms with Crippen molar-refractivity contribution in [1.82, 2.24) is 4.72 Å². The van der Waals surface area contributed by atoms with Gasteiger partial charge in [-0.15, -0.1) is 0 Å². The van der Waals surface area contributed by atoms with Crippen LogP contribution in [-0.2, 0) is 24.3 Å². The van der Waals surface area contributed by atoms with Crippen molar-refractivity contribution >= 4 is 27.6 Å². The Bertz CT molecular complexity index is 996. The van der Waals surface area contributed by atoms with E-state index in [1.54, 1.807) is 24.3 Å². The maximum atomic E-state index is 12.2. The number of anilines is 1. The highest BCUT2D eigenvalue weighted by Crippen LogP contribution is 2.13. The number of carbonyl (C=O) groups is 2. The molecule has 0 fully saturated rings. The molecule has 0 atom stereocenters. The molecule has 0 saturated heterocycles. The van der Waals surface area contributed by atoms with E-state index in [1.807, 2.05) is 17.7 Å². The first-order chi connectivity index (χ1) is 12.8. The summed E-state index contributed by atoms with van der Waals surface area (Å²) in [4.78, 5) is 23.2. The SMILES string of the molecule is Cc1cccc(NC(=O)COC(=O)CNS(=O)(=O)c2ccccc2C#N)c1. The third-order valence-electron chi connectivity index (χ3n) is 3.37. The number of aryl methyl sites for hydroxylation is 1. The Labute approximate surface area is 156 Å². The lowest BCUT2D eigenvalue weighted by atomic mass is 10.2. The van der Waals surface area contributed by atoms with Crippen LogP contribution in [0.4, 0.5) is 5.69 Å². The lowest BCUT2D eigenvalue weighted by Gasteiger charge is -2.09. The summed E-state index contributed by atoms with van der Waals surface area (Å²) in [6.07, 6.45) is 0. The van der Waals surface area contributed by atoms with Crippen LogP contribution in [-0.4, -0.2) is 33.4 Å². The zero-order valence-corrected chi connectivity index (χ0v) is 15.2. The highest BCUT2D eigenvalue weighted by atomic mass is 32.2. The normalized spacial score (nSPS) is 10.7. The van der Waals surface area contributed by atoms with Gasteiger partial charge in [0.05, 0.1) is 10.5 Å². The number of hydrogen-bond donors (Lipinski definition) is 2. The molecule has 2 rings (SSSR count). The minimum absolute atomic E-state index is 0.0455. The van der Waals surface area contributed by atoms with Crippen molar-refractivity contribution in [3.05, 3.63) is 59.7 Å². The second kappa shape index (κ2) is 8.93. The summed E-state index contributed by atoms with van der Waals surface area (Å²) >= 11 is 0. The molecule has 2 aromatic carbocycles. The topological polar surface area (TPSA) is 125 Å². The molecule has 27 heavy (non-hydrogen) atoms. The minimum atomic E-state index is -4.06. The predicted molar refractivity (Wildman–Crippen MR) is 97.1 cm³/mol. The van der Waals surface area contributed by atoms with Gasteiger partial charge in [0, 0.05) is 5.69 Å². The van der Waals surface area contributed by atoms with Gasteiger partial charge >= 0.3 is 5.97 Å². The quantitative estimate of drug-likeness (QED) is 0.691. The zero-order valence-electron chi connectivity index (χ0n) is 14.4. The lowest BCUT2D eigenvalue weighted by molar-refractivity contribution is -0.146. The van der Waals surface area contributed by atoms with Crippen LogP contribution in [0.5, 0.6) is 0 Å². The van der Waals surface area contributed by atoms with Crippen LogP contribution in [0.25, 0.3) is 0 Å². The molecule has 0 aromatic heterocycles. The highest BCUT2D eigenvalue weighted by molar-refractivity contribution is 7.89. The first-order valence-corrected chi connectivity index (χ1v) is 9.31. The summed E-state index contributed by atoms with van der Waals surface area (Å²) in [5.41, 5.74) is 1.47. The molecule has 9 heteroatoms. The lowest BCUT2D eigenvalue weighted by Crippen LogP contribution is -2.32. The number of rotatable bonds is 7. The molecule has 0 spiro atoms. The Morgan fingerprint density at radius 1 is 1.15 bits per heavy atom. The van der Waals surface area contributed by atoms with Crippen LogP contribution in [0.15, 0.2) is 53.4 Å². The van der Waals surface area contributed by atoms with Gasteiger partial charge in [-0.1, -0.05) is 24.3 Å². The van der Waals surface area contributed by atoms with E-state index in [0.29, 0.717) is 5.69 Å². The largest absolute Gasteiger partial charge is 0.455 e. The number of esters is 1. The molecule has 2 aromatic rings. The van der Waals surface area contributed by atoms with Gasteiger partial charge in [-0.2, -0.15) is 9.98 Å². The zero-order chi connectivity index (χ0) is 19.9. The third-order valence-corrected chi connectivity index (χ3v) is 4.83. The second-order valence-corrected chi connectivity index (χ2v) is 7.25. The number of ether oxygens (including phenoxy) is 1. The van der Waals surface area contributed by atoms with E-state index in [9.17, 15) is 18.0 Å². The molecule has 1 amide bonds. The van der Waals surface area contributed by atoms with Crippen LogP contribution in [0.1, 0.15) is 11.1 Å². The predicted octanol–water partition coefficient (Wildman–Crippen LogP) is 1.33. The molecule has 0 heterocycles. The molecule has 0 bridgehead atoms. The summed E-state index contributed by atoms with van der Waals surface area (Å²) in [5.74, 6) is -1.47. The molecule has 0 aliphatic carbocycles. The number of hydrogen-bond acceptors (Lipinski definition) is 6. The van der Waals surface area contributed by atoms with E-state index in [-0.39, 0.29) is 10.5 Å². The Morgan fingerprint density at radius 2 is 1.89 bits per heavy atom. The van der Waals surface area contributed by atoms with Gasteiger partial charge in [0.15, 0.2) is 6.61 Å². The summed E-state index contributed by atoms with van der Waals surface area (Å²) in [6.45, 7) is 0.648. The number of carbonyl (C=O) groups excluding carboxylic acids is 2. The molecule has 0 aliphatic heterocycles. The number of benzene rings is 2. The van der Waals surface area contributed by atoms with Gasteiger partial charge in [-0.25, -0.2) is 8.42 Å². The first kappa shape index (κ1) is 20.1. The Morgan fingerprint density at radius 3 is 2.59 bits per heavy atom. The molecule has 0 aliphatic rings. The molecule has 0 unspecified atom stereocenters. The summed E-state index contributed by atoms with van der Waals surface area (Å²) in [5, 5.41) is 11.5. The summed E-state index contributed by atoms with van der Waals surface area (Å²) in [6, 6.07) is 14.4. The molecule has 140 valence electrons. The third kappa shape index (κ3) is 5.91. The Hall–Kier alpha value is -3.22. The highest BCUT2D eigenvalue weighted by Gasteiger charge is 2.19. The molecule has 0 radical (unpaired) electrons. The van der Waals surface area contributed by atoms with Crippen molar-refractivity contribution in [2.45, 2.75) is 11.8 Å². The van der Waals surface area contributed by atoms with Crippen molar-refractivity contribution in [2.75, 3.05) is 18.5 Å². The van der Waals surface area contributed by atoms with E-state index < -0.39 is 35.1 Å². The van der Waals surface area contributed by atoms with E-state index in [2.05, 4.69) is 5.32 Å². The monoisotopic (exact) mass is 387 g/mol. The summed E-state index contributed by atoms with van der Waals surface area (Å²) in [7, 11) is -4.06. The van der Waals surface area contributed by atoms with Crippen LogP contribution in [0.3, 0.4) is 0 Å². The molecular formula is C18H17N3O5S. The van der Waals surface area contributed by atoms with E-state index in [4.69, 9.17) is 10.00 Å². The van der Waals surface area contributed by atoms with Crippen LogP contribution >= 0.6 is 0 Å². The van der Waals surface area contributed by atoms with Crippen molar-refractivity contribution in [3.8, 4) is 6.07 Å². The minimum Gasteiger partial charge on any atom is -0.455 e. The van der Waals surface area contributed by atoms with Gasteiger partial charge in [0.25, 0.3) is 5.91 Å². The fourth-order valence-corrected chi connectivity index (χ4v) is 3.27. The Balaban J connectivity index is 1.85. The smallest absolute Gasteiger partial charge is 0.321 e. The summed E-state index contributed by atoms with van der Waals surface area (Å²) < 4.78 is 31.2. The van der Waals surface area contributed by atoms with Crippen molar-refractivity contribution in [3.63, 3.8) is 0 Å². The van der Waals surface area contributed by atoms with E-state index >= 15 is 0 Å². The average molecular weight is 387 g/mol. The number of nitriles is 1. The van der Waals surface area contributed by atoms with Gasteiger partial charge in [-0.3, -0.25) is 9.59 Å². The fraction of sp³-hybridized carbons (Fsp3) is 0.167. The van der Waals surface area contributed by atoms with Crippen LogP contribution in [0, 0.1) is 18.3 Å². The van der Waals surface area contributed by atoms with Gasteiger partial charge < -0.3 is 10.1 Å². The van der Waals surface area contributed by atoms with Crippen LogP contribution in [0.2, 0.25) is 0 Å². The molecule has 2 N–H and O–H groups in total. The second-order valence-electron chi connectivity index (χ2n) is 5.51. The maximum Gasteiger partial charge on any atom is 0.321 e. The number of nitrogens with zero attached hydrogens (tertiary/aromatic N) is 1. The van der Waals surface area contributed by atoms with Gasteiger partial charge in [0.2, 0.25) is 10.0 Å². The van der Waals surface area contributed by atoms with Crippen LogP contribution < -0.4 is 10.0 Å². The van der Waals surface area contributed by atoms with Gasteiger partial charge in [-0.05, 0) is 36.8 Å². The number of amides is 1. The van der Waals surface area contributed by atoms with Gasteiger partial charge in [0.1, 0.15) is 12.6 Å². The van der Waals surface area contributed by atoms with Crippen molar-refractivity contribution in [2.24, 2.45) is 0 Å². The molecular weight excluding hydrogens is 370 g/mol. The van der Waals surface area contributed by atoms with Crippen molar-refractivity contribution < 1.29 is 22.7 Å². The number of sulfonamides is 1. The standard InChI is InChI=1S/C18H17N3O5S/c1-13-5-4-7-15(9-13)21-17(22)12-26-18(23)11-20-27(24,25)16-8-3-2-6-14(16)10-19/h2-9,20H,11-12H2,1H3,(H,21,22). The Kier molecular flexibility index (Phi) is 6.65.